The molecule has 0 unspecified atom stereocenters. The van der Waals surface area contributed by atoms with E-state index in [1.165, 1.54) is 6.92 Å². The van der Waals surface area contributed by atoms with Crippen LogP contribution in [0.1, 0.15) is 16.6 Å². The molecule has 0 bridgehead atoms. The first-order chi connectivity index (χ1) is 12.0. The maximum atomic E-state index is 12.7. The first-order valence-corrected chi connectivity index (χ1v) is 8.35. The molecular formula is C18H16N4O2S. The minimum absolute atomic E-state index is 0.176. The van der Waals surface area contributed by atoms with Crippen LogP contribution < -0.4 is 16.4 Å². The molecule has 0 aliphatic carbocycles. The van der Waals surface area contributed by atoms with Gasteiger partial charge in [-0.2, -0.15) is 0 Å². The number of nitrogens with two attached hydrogens (primary N) is 1. The molecule has 6 nitrogen and oxygen atoms in total. The van der Waals surface area contributed by atoms with Crippen molar-refractivity contribution in [1.82, 2.24) is 4.98 Å². The van der Waals surface area contributed by atoms with E-state index in [0.29, 0.717) is 27.1 Å². The van der Waals surface area contributed by atoms with Gasteiger partial charge in [-0.05, 0) is 18.2 Å². The predicted molar refractivity (Wildman–Crippen MR) is 101 cm³/mol. The molecule has 2 aromatic carbocycles. The molecule has 3 rings (SSSR count). The van der Waals surface area contributed by atoms with Gasteiger partial charge < -0.3 is 16.4 Å². The van der Waals surface area contributed by atoms with Gasteiger partial charge in [0.2, 0.25) is 5.91 Å². The summed E-state index contributed by atoms with van der Waals surface area (Å²) in [6.45, 7) is 1.43. The quantitative estimate of drug-likeness (QED) is 0.668. The molecule has 2 amide bonds. The van der Waals surface area contributed by atoms with Crippen LogP contribution in [0.4, 0.5) is 16.5 Å². The summed E-state index contributed by atoms with van der Waals surface area (Å²) >= 11 is 1.14. The molecular weight excluding hydrogens is 336 g/mol. The summed E-state index contributed by atoms with van der Waals surface area (Å²) in [4.78, 5) is 28.5. The van der Waals surface area contributed by atoms with Gasteiger partial charge in [-0.1, -0.05) is 47.7 Å². The number of nitrogen functional groups attached to an aromatic ring is 1. The Bertz CT molecular complexity index is 922. The standard InChI is InChI=1S/C18H16N4O2S/c1-11(23)20-13-8-5-9-14(10-13)21-17(24)16-15(22-18(19)25-16)12-6-3-2-4-7-12/h2-10H,1H3,(H2,19,22)(H,20,23)(H,21,24). The lowest BCUT2D eigenvalue weighted by atomic mass is 10.1. The number of aromatic nitrogens is 1. The molecule has 0 saturated heterocycles. The van der Waals surface area contributed by atoms with Crippen molar-refractivity contribution in [2.24, 2.45) is 0 Å². The summed E-state index contributed by atoms with van der Waals surface area (Å²) in [6, 6.07) is 16.3. The summed E-state index contributed by atoms with van der Waals surface area (Å²) in [5, 5.41) is 5.83. The molecule has 0 atom stereocenters. The van der Waals surface area contributed by atoms with Crippen molar-refractivity contribution in [1.29, 1.82) is 0 Å². The van der Waals surface area contributed by atoms with Gasteiger partial charge in [-0.15, -0.1) is 0 Å². The number of hydrogen-bond acceptors (Lipinski definition) is 5. The first-order valence-electron chi connectivity index (χ1n) is 7.53. The second-order valence-electron chi connectivity index (χ2n) is 5.31. The highest BCUT2D eigenvalue weighted by atomic mass is 32.1. The van der Waals surface area contributed by atoms with Crippen LogP contribution in [0.3, 0.4) is 0 Å². The average molecular weight is 352 g/mol. The normalized spacial score (nSPS) is 10.3. The Labute approximate surface area is 148 Å². The molecule has 0 aliphatic heterocycles. The van der Waals surface area contributed by atoms with Gasteiger partial charge in [0.1, 0.15) is 4.88 Å². The third-order valence-electron chi connectivity index (χ3n) is 3.34. The van der Waals surface area contributed by atoms with Crippen molar-refractivity contribution in [3.63, 3.8) is 0 Å². The lowest BCUT2D eigenvalue weighted by Gasteiger charge is -2.08. The molecule has 0 aliphatic rings. The fraction of sp³-hybridized carbons (Fsp3) is 0.0556. The fourth-order valence-corrected chi connectivity index (χ4v) is 3.10. The van der Waals surface area contributed by atoms with Gasteiger partial charge in [0.15, 0.2) is 5.13 Å². The molecule has 3 aromatic rings. The number of amides is 2. The maximum absolute atomic E-state index is 12.7. The Hall–Kier alpha value is -3.19. The highest BCUT2D eigenvalue weighted by molar-refractivity contribution is 7.17. The van der Waals surface area contributed by atoms with E-state index < -0.39 is 0 Å². The van der Waals surface area contributed by atoms with Crippen LogP contribution in [0, 0.1) is 0 Å². The topological polar surface area (TPSA) is 97.1 Å². The van der Waals surface area contributed by atoms with Crippen LogP contribution in [0.5, 0.6) is 0 Å². The number of rotatable bonds is 4. The number of hydrogen-bond donors (Lipinski definition) is 3. The van der Waals surface area contributed by atoms with E-state index >= 15 is 0 Å². The van der Waals surface area contributed by atoms with Crippen molar-refractivity contribution in [3.05, 3.63) is 59.5 Å². The minimum Gasteiger partial charge on any atom is -0.375 e. The van der Waals surface area contributed by atoms with Gasteiger partial charge in [0.05, 0.1) is 5.69 Å². The monoisotopic (exact) mass is 352 g/mol. The Morgan fingerprint density at radius 1 is 1.00 bits per heavy atom. The van der Waals surface area contributed by atoms with Crippen LogP contribution in [0.2, 0.25) is 0 Å². The van der Waals surface area contributed by atoms with Gasteiger partial charge in [-0.25, -0.2) is 4.98 Å². The molecule has 25 heavy (non-hydrogen) atoms. The van der Waals surface area contributed by atoms with Gasteiger partial charge >= 0.3 is 0 Å². The Morgan fingerprint density at radius 2 is 1.68 bits per heavy atom. The Morgan fingerprint density at radius 3 is 2.36 bits per heavy atom. The van der Waals surface area contributed by atoms with Gasteiger partial charge in [-0.3, -0.25) is 9.59 Å². The number of thiazole rings is 1. The lowest BCUT2D eigenvalue weighted by Crippen LogP contribution is -2.12. The number of carbonyl (C=O) groups excluding carboxylic acids is 2. The van der Waals surface area contributed by atoms with E-state index in [1.54, 1.807) is 24.3 Å². The van der Waals surface area contributed by atoms with Crippen LogP contribution in [-0.4, -0.2) is 16.8 Å². The van der Waals surface area contributed by atoms with Crippen LogP contribution in [0.25, 0.3) is 11.3 Å². The fourth-order valence-electron chi connectivity index (χ4n) is 2.35. The summed E-state index contributed by atoms with van der Waals surface area (Å²) < 4.78 is 0. The van der Waals surface area contributed by atoms with E-state index in [9.17, 15) is 9.59 Å². The van der Waals surface area contributed by atoms with Crippen molar-refractivity contribution in [2.75, 3.05) is 16.4 Å². The molecule has 7 heteroatoms. The summed E-state index contributed by atoms with van der Waals surface area (Å²) in [6.07, 6.45) is 0. The third-order valence-corrected chi connectivity index (χ3v) is 4.22. The smallest absolute Gasteiger partial charge is 0.268 e. The number of benzene rings is 2. The molecule has 0 spiro atoms. The van der Waals surface area contributed by atoms with Crippen LogP contribution in [-0.2, 0) is 4.79 Å². The average Bonchev–Trinajstić information content (AvgIpc) is 2.97. The second kappa shape index (κ2) is 7.14. The number of nitrogens with zero attached hydrogens (tertiary/aromatic N) is 1. The van der Waals surface area contributed by atoms with Crippen molar-refractivity contribution >= 4 is 39.7 Å². The molecule has 0 saturated carbocycles. The molecule has 0 radical (unpaired) electrons. The second-order valence-corrected chi connectivity index (χ2v) is 6.34. The van der Waals surface area contributed by atoms with Gasteiger partial charge in [0, 0.05) is 23.9 Å². The van der Waals surface area contributed by atoms with E-state index in [1.807, 2.05) is 30.3 Å². The summed E-state index contributed by atoms with van der Waals surface area (Å²) in [5.41, 5.74) is 8.37. The summed E-state index contributed by atoms with van der Waals surface area (Å²) in [5.74, 6) is -0.474. The largest absolute Gasteiger partial charge is 0.375 e. The number of anilines is 3. The van der Waals surface area contributed by atoms with E-state index in [-0.39, 0.29) is 11.8 Å². The molecule has 1 aromatic heterocycles. The van der Waals surface area contributed by atoms with Gasteiger partial charge in [0.25, 0.3) is 5.91 Å². The van der Waals surface area contributed by atoms with Crippen molar-refractivity contribution in [3.8, 4) is 11.3 Å². The summed E-state index contributed by atoms with van der Waals surface area (Å²) in [7, 11) is 0. The lowest BCUT2D eigenvalue weighted by molar-refractivity contribution is -0.114. The zero-order chi connectivity index (χ0) is 17.8. The minimum atomic E-state index is -0.298. The van der Waals surface area contributed by atoms with Crippen LogP contribution in [0.15, 0.2) is 54.6 Å². The molecule has 0 fully saturated rings. The zero-order valence-corrected chi connectivity index (χ0v) is 14.3. The Kier molecular flexibility index (Phi) is 4.76. The van der Waals surface area contributed by atoms with E-state index in [0.717, 1.165) is 16.9 Å². The first kappa shape index (κ1) is 16.7. The van der Waals surface area contributed by atoms with Crippen LogP contribution >= 0.6 is 11.3 Å². The maximum Gasteiger partial charge on any atom is 0.268 e. The third kappa shape index (κ3) is 4.02. The highest BCUT2D eigenvalue weighted by Gasteiger charge is 2.18. The highest BCUT2D eigenvalue weighted by Crippen LogP contribution is 2.30. The zero-order valence-electron chi connectivity index (χ0n) is 13.4. The molecule has 4 N–H and O–H groups in total. The van der Waals surface area contributed by atoms with Crippen molar-refractivity contribution < 1.29 is 9.59 Å². The predicted octanol–water partition coefficient (Wildman–Crippen LogP) is 3.60. The number of nitrogens with one attached hydrogen (secondary N) is 2. The number of carbonyl (C=O) groups is 2. The van der Waals surface area contributed by atoms with E-state index in [4.69, 9.17) is 5.73 Å². The van der Waals surface area contributed by atoms with Crippen molar-refractivity contribution in [2.45, 2.75) is 6.92 Å². The SMILES string of the molecule is CC(=O)Nc1cccc(NC(=O)c2sc(N)nc2-c2ccccc2)c1. The van der Waals surface area contributed by atoms with E-state index in [2.05, 4.69) is 15.6 Å². The Balaban J connectivity index is 1.86. The molecule has 126 valence electrons. The molecule has 1 heterocycles.